The van der Waals surface area contributed by atoms with Gasteiger partial charge in [-0.2, -0.15) is 0 Å². The van der Waals surface area contributed by atoms with Crippen molar-refractivity contribution in [3.63, 3.8) is 0 Å². The molecule has 6 heteroatoms. The van der Waals surface area contributed by atoms with E-state index in [1.807, 2.05) is 6.92 Å². The number of ether oxygens (including phenoxy) is 1. The molecule has 0 aromatic heterocycles. The molecule has 0 rings (SSSR count). The van der Waals surface area contributed by atoms with Crippen molar-refractivity contribution in [3.05, 3.63) is 24.6 Å². The van der Waals surface area contributed by atoms with Gasteiger partial charge in [-0.1, -0.05) is 54.7 Å². The van der Waals surface area contributed by atoms with Crippen LogP contribution in [0.25, 0.3) is 0 Å². The highest BCUT2D eigenvalue weighted by molar-refractivity contribution is 5.79. The van der Waals surface area contributed by atoms with E-state index in [1.165, 1.54) is 0 Å². The number of carbonyl (C=O) groups excluding carboxylic acids is 1. The quantitative estimate of drug-likeness (QED) is 0.264. The van der Waals surface area contributed by atoms with Crippen LogP contribution in [0.3, 0.4) is 0 Å². The molecule has 0 saturated heterocycles. The SMILES string of the molecule is C=C(CC(C)CC(C)C(N)C(N)=O)NC(C)(C)COC(C)C(C)(C)C(C)(C)C(=C)NC(C)C. The van der Waals surface area contributed by atoms with E-state index >= 15 is 0 Å². The van der Waals surface area contributed by atoms with Crippen molar-refractivity contribution in [3.8, 4) is 0 Å². The first kappa shape index (κ1) is 31.5. The summed E-state index contributed by atoms with van der Waals surface area (Å²) < 4.78 is 6.40. The molecule has 0 aromatic rings. The van der Waals surface area contributed by atoms with Crippen LogP contribution in [0, 0.1) is 22.7 Å². The van der Waals surface area contributed by atoms with Crippen molar-refractivity contribution in [1.82, 2.24) is 10.6 Å². The van der Waals surface area contributed by atoms with Gasteiger partial charge in [0.05, 0.1) is 24.3 Å². The van der Waals surface area contributed by atoms with E-state index < -0.39 is 11.9 Å². The van der Waals surface area contributed by atoms with Gasteiger partial charge in [0, 0.05) is 28.3 Å². The van der Waals surface area contributed by atoms with Gasteiger partial charge < -0.3 is 26.8 Å². The number of primary amides is 1. The molecule has 0 aliphatic heterocycles. The molecule has 0 fully saturated rings. The Hall–Kier alpha value is -1.53. The average Bonchev–Trinajstić information content (AvgIpc) is 2.63. The molecule has 4 atom stereocenters. The summed E-state index contributed by atoms with van der Waals surface area (Å²) in [5.74, 6) is -0.0815. The van der Waals surface area contributed by atoms with E-state index in [4.69, 9.17) is 16.2 Å². The molecular weight excluding hydrogens is 412 g/mol. The van der Waals surface area contributed by atoms with E-state index in [-0.39, 0.29) is 28.4 Å². The van der Waals surface area contributed by atoms with Gasteiger partial charge in [0.2, 0.25) is 5.91 Å². The zero-order valence-electron chi connectivity index (χ0n) is 23.4. The maximum atomic E-state index is 11.3. The standard InChI is InChI=1S/C27H54N4O2/c1-17(2)30-21(6)26(10,11)27(12,13)22(7)33-16-25(8,9)31-20(5)15-18(3)14-19(4)23(28)24(29)32/h17-19,22-23,30-31H,5-6,14-16,28H2,1-4,7-13H3,(H2,29,32). The lowest BCUT2D eigenvalue weighted by molar-refractivity contribution is -0.120. The Bertz CT molecular complexity index is 667. The van der Waals surface area contributed by atoms with E-state index in [0.29, 0.717) is 18.6 Å². The lowest BCUT2D eigenvalue weighted by Crippen LogP contribution is -2.50. The van der Waals surface area contributed by atoms with Crippen LogP contribution in [0.15, 0.2) is 24.6 Å². The maximum absolute atomic E-state index is 11.3. The minimum Gasteiger partial charge on any atom is -0.386 e. The molecular formula is C27H54N4O2. The lowest BCUT2D eigenvalue weighted by atomic mass is 9.63. The van der Waals surface area contributed by atoms with Crippen LogP contribution in [0.2, 0.25) is 0 Å². The Kier molecular flexibility index (Phi) is 11.7. The fraction of sp³-hybridized carbons (Fsp3) is 0.815. The van der Waals surface area contributed by atoms with Crippen LogP contribution in [0.5, 0.6) is 0 Å². The molecule has 0 saturated carbocycles. The number of hydrogen-bond donors (Lipinski definition) is 4. The fourth-order valence-corrected chi connectivity index (χ4v) is 4.10. The molecule has 194 valence electrons. The second kappa shape index (κ2) is 12.3. The molecule has 1 amide bonds. The highest BCUT2D eigenvalue weighted by atomic mass is 16.5. The second-order valence-corrected chi connectivity index (χ2v) is 12.1. The number of rotatable bonds is 16. The summed E-state index contributed by atoms with van der Waals surface area (Å²) in [5.41, 5.74) is 12.6. The van der Waals surface area contributed by atoms with Gasteiger partial charge in [0.1, 0.15) is 0 Å². The molecule has 0 aromatic carbocycles. The first-order valence-corrected chi connectivity index (χ1v) is 12.3. The topological polar surface area (TPSA) is 102 Å². The van der Waals surface area contributed by atoms with Gasteiger partial charge in [-0.3, -0.25) is 4.79 Å². The van der Waals surface area contributed by atoms with Crippen LogP contribution >= 0.6 is 0 Å². The third-order valence-corrected chi connectivity index (χ3v) is 7.36. The predicted octanol–water partition coefficient (Wildman–Crippen LogP) is 4.70. The summed E-state index contributed by atoms with van der Waals surface area (Å²) in [6.07, 6.45) is 1.63. The van der Waals surface area contributed by atoms with E-state index in [1.54, 1.807) is 0 Å². The third kappa shape index (κ3) is 9.70. The Morgan fingerprint density at radius 1 is 1.00 bits per heavy atom. The maximum Gasteiger partial charge on any atom is 0.234 e. The number of nitrogens with one attached hydrogen (secondary N) is 2. The second-order valence-electron chi connectivity index (χ2n) is 12.1. The van der Waals surface area contributed by atoms with E-state index in [9.17, 15) is 4.79 Å². The van der Waals surface area contributed by atoms with Crippen LogP contribution < -0.4 is 22.1 Å². The summed E-state index contributed by atoms with van der Waals surface area (Å²) in [6, 6.07) is -0.269. The van der Waals surface area contributed by atoms with Gasteiger partial charge >= 0.3 is 0 Å². The number of nitrogens with two attached hydrogens (primary N) is 2. The van der Waals surface area contributed by atoms with E-state index in [0.717, 1.165) is 24.2 Å². The van der Waals surface area contributed by atoms with Crippen LogP contribution in [-0.4, -0.2) is 36.2 Å². The minimum atomic E-state index is -0.612. The summed E-state index contributed by atoms with van der Waals surface area (Å²) in [6.45, 7) is 32.8. The highest BCUT2D eigenvalue weighted by Crippen LogP contribution is 2.46. The van der Waals surface area contributed by atoms with Gasteiger partial charge in [-0.15, -0.1) is 0 Å². The van der Waals surface area contributed by atoms with Crippen molar-refractivity contribution in [1.29, 1.82) is 0 Å². The number of amides is 1. The summed E-state index contributed by atoms with van der Waals surface area (Å²) in [5, 5.41) is 7.01. The zero-order chi connectivity index (χ0) is 26.4. The zero-order valence-corrected chi connectivity index (χ0v) is 23.4. The number of hydrogen-bond acceptors (Lipinski definition) is 5. The van der Waals surface area contributed by atoms with Crippen molar-refractivity contribution in [2.45, 2.75) is 113 Å². The van der Waals surface area contributed by atoms with E-state index in [2.05, 4.69) is 93.0 Å². The largest absolute Gasteiger partial charge is 0.386 e. The highest BCUT2D eigenvalue weighted by Gasteiger charge is 2.44. The molecule has 0 heterocycles. The van der Waals surface area contributed by atoms with Crippen molar-refractivity contribution in [2.24, 2.45) is 34.1 Å². The molecule has 0 radical (unpaired) electrons. The number of allylic oxidation sites excluding steroid dienone is 2. The summed E-state index contributed by atoms with van der Waals surface area (Å²) in [7, 11) is 0. The van der Waals surface area contributed by atoms with Crippen molar-refractivity contribution < 1.29 is 9.53 Å². The Balaban J connectivity index is 4.90. The first-order chi connectivity index (χ1) is 14.7. The van der Waals surface area contributed by atoms with Crippen molar-refractivity contribution >= 4 is 5.91 Å². The normalized spacial score (nSPS) is 16.6. The summed E-state index contributed by atoms with van der Waals surface area (Å²) >= 11 is 0. The molecule has 4 unspecified atom stereocenters. The molecule has 6 N–H and O–H groups in total. The fourth-order valence-electron chi connectivity index (χ4n) is 4.10. The Labute approximate surface area is 204 Å². The monoisotopic (exact) mass is 466 g/mol. The van der Waals surface area contributed by atoms with Gasteiger partial charge in [0.25, 0.3) is 0 Å². The molecule has 33 heavy (non-hydrogen) atoms. The van der Waals surface area contributed by atoms with Gasteiger partial charge in [-0.25, -0.2) is 0 Å². The number of carbonyl (C=O) groups is 1. The predicted molar refractivity (Wildman–Crippen MR) is 141 cm³/mol. The molecule has 0 bridgehead atoms. The van der Waals surface area contributed by atoms with Gasteiger partial charge in [0.15, 0.2) is 0 Å². The summed E-state index contributed by atoms with van der Waals surface area (Å²) in [4.78, 5) is 11.3. The molecule has 0 aliphatic rings. The van der Waals surface area contributed by atoms with Crippen LogP contribution in [0.4, 0.5) is 0 Å². The van der Waals surface area contributed by atoms with Crippen molar-refractivity contribution in [2.75, 3.05) is 6.61 Å². The van der Waals surface area contributed by atoms with Crippen LogP contribution in [-0.2, 0) is 9.53 Å². The Morgan fingerprint density at radius 2 is 1.52 bits per heavy atom. The Morgan fingerprint density at radius 3 is 1.97 bits per heavy atom. The minimum absolute atomic E-state index is 0.0163. The van der Waals surface area contributed by atoms with Gasteiger partial charge in [-0.05, 0) is 59.3 Å². The molecule has 0 aliphatic carbocycles. The third-order valence-electron chi connectivity index (χ3n) is 7.36. The smallest absolute Gasteiger partial charge is 0.234 e. The first-order valence-electron chi connectivity index (χ1n) is 12.3. The molecule has 6 nitrogen and oxygen atoms in total. The molecule has 0 spiro atoms. The lowest BCUT2D eigenvalue weighted by Gasteiger charge is -2.48. The van der Waals surface area contributed by atoms with Crippen LogP contribution in [0.1, 0.15) is 89.0 Å². The average molecular weight is 467 g/mol.